The van der Waals surface area contributed by atoms with Gasteiger partial charge < -0.3 is 11.1 Å². The number of hydrogen-bond donors (Lipinski definition) is 2. The van der Waals surface area contributed by atoms with Crippen LogP contribution in [-0.2, 0) is 0 Å². The molecule has 2 aliphatic rings. The number of nitrogens with two attached hydrogens (primary N) is 1. The highest BCUT2D eigenvalue weighted by Gasteiger charge is 2.34. The molecule has 1 aromatic heterocycles. The number of nitrogen functional groups attached to an aromatic ring is 1. The van der Waals surface area contributed by atoms with Crippen molar-refractivity contribution in [3.63, 3.8) is 0 Å². The lowest BCUT2D eigenvalue weighted by Gasteiger charge is -2.14. The minimum absolute atomic E-state index is 0.0894. The lowest BCUT2D eigenvalue weighted by atomic mass is 10.1. The van der Waals surface area contributed by atoms with Crippen molar-refractivity contribution in [2.45, 2.75) is 51.5 Å². The van der Waals surface area contributed by atoms with Crippen LogP contribution in [0.15, 0.2) is 0 Å². The monoisotopic (exact) mass is 264 g/mol. The summed E-state index contributed by atoms with van der Waals surface area (Å²) < 4.78 is 0. The normalized spacial score (nSPS) is 20.8. The van der Waals surface area contributed by atoms with Crippen molar-refractivity contribution in [1.29, 1.82) is 0 Å². The fourth-order valence-electron chi connectivity index (χ4n) is 2.52. The lowest BCUT2D eigenvalue weighted by molar-refractivity contribution is 0.102. The SMILES string of the molecule is CC(=O)c1sc(NC(C)C2CC2)c(C2CC2)c1N. The molecule has 3 rings (SSSR count). The molecule has 1 atom stereocenters. The average molecular weight is 264 g/mol. The molecule has 0 saturated heterocycles. The predicted molar refractivity (Wildman–Crippen MR) is 76.5 cm³/mol. The fourth-order valence-corrected chi connectivity index (χ4v) is 3.72. The standard InChI is InChI=1S/C14H20N2OS/c1-7(9-3-4-9)16-14-11(10-5-6-10)12(15)13(18-14)8(2)17/h7,9-10,16H,3-6,15H2,1-2H3. The minimum Gasteiger partial charge on any atom is -0.397 e. The van der Waals surface area contributed by atoms with Crippen molar-refractivity contribution in [2.75, 3.05) is 11.1 Å². The Labute approximate surface area is 112 Å². The van der Waals surface area contributed by atoms with E-state index < -0.39 is 0 Å². The van der Waals surface area contributed by atoms with Crippen molar-refractivity contribution in [1.82, 2.24) is 0 Å². The van der Waals surface area contributed by atoms with E-state index in [0.29, 0.717) is 12.0 Å². The Morgan fingerprint density at radius 1 is 1.39 bits per heavy atom. The summed E-state index contributed by atoms with van der Waals surface area (Å²) >= 11 is 1.55. The van der Waals surface area contributed by atoms with Crippen molar-refractivity contribution >= 4 is 27.8 Å². The van der Waals surface area contributed by atoms with Gasteiger partial charge in [0.15, 0.2) is 5.78 Å². The van der Waals surface area contributed by atoms with Crippen LogP contribution in [-0.4, -0.2) is 11.8 Å². The summed E-state index contributed by atoms with van der Waals surface area (Å²) in [7, 11) is 0. The van der Waals surface area contributed by atoms with E-state index in [0.717, 1.165) is 21.5 Å². The van der Waals surface area contributed by atoms with Gasteiger partial charge in [-0.25, -0.2) is 0 Å². The van der Waals surface area contributed by atoms with Gasteiger partial charge in [-0.2, -0.15) is 0 Å². The summed E-state index contributed by atoms with van der Waals surface area (Å²) in [4.78, 5) is 12.3. The zero-order valence-corrected chi connectivity index (χ0v) is 11.8. The highest BCUT2D eigenvalue weighted by Crippen LogP contribution is 2.51. The smallest absolute Gasteiger partial charge is 0.171 e. The second kappa shape index (κ2) is 4.26. The van der Waals surface area contributed by atoms with Crippen LogP contribution in [0.3, 0.4) is 0 Å². The first-order valence-corrected chi connectivity index (χ1v) is 7.59. The van der Waals surface area contributed by atoms with Gasteiger partial charge in [-0.1, -0.05) is 0 Å². The summed E-state index contributed by atoms with van der Waals surface area (Å²) in [6.45, 7) is 3.84. The molecular weight excluding hydrogens is 244 g/mol. The van der Waals surface area contributed by atoms with Gasteiger partial charge in [0.1, 0.15) is 0 Å². The molecule has 0 bridgehead atoms. The Bertz CT molecular complexity index is 486. The molecule has 1 unspecified atom stereocenters. The third-order valence-corrected chi connectivity index (χ3v) is 5.23. The van der Waals surface area contributed by atoms with Gasteiger partial charge in [-0.3, -0.25) is 4.79 Å². The molecular formula is C14H20N2OS. The van der Waals surface area contributed by atoms with E-state index in [4.69, 9.17) is 5.73 Å². The van der Waals surface area contributed by atoms with Crippen LogP contribution < -0.4 is 11.1 Å². The second-order valence-electron chi connectivity index (χ2n) is 5.69. The first-order valence-electron chi connectivity index (χ1n) is 6.77. The number of hydrogen-bond acceptors (Lipinski definition) is 4. The van der Waals surface area contributed by atoms with Gasteiger partial charge in [-0.15, -0.1) is 11.3 Å². The molecule has 0 aromatic carbocycles. The molecule has 18 heavy (non-hydrogen) atoms. The molecule has 3 N–H and O–H groups in total. The van der Waals surface area contributed by atoms with E-state index in [1.165, 1.54) is 31.2 Å². The lowest BCUT2D eigenvalue weighted by Crippen LogP contribution is -2.17. The molecule has 0 aliphatic heterocycles. The van der Waals surface area contributed by atoms with E-state index in [2.05, 4.69) is 12.2 Å². The van der Waals surface area contributed by atoms with E-state index in [9.17, 15) is 4.79 Å². The fraction of sp³-hybridized carbons (Fsp3) is 0.643. The van der Waals surface area contributed by atoms with Crippen LogP contribution in [0.5, 0.6) is 0 Å². The Hall–Kier alpha value is -1.03. The molecule has 0 spiro atoms. The van der Waals surface area contributed by atoms with Gasteiger partial charge in [0, 0.05) is 18.5 Å². The number of carbonyl (C=O) groups excluding carboxylic acids is 1. The first-order chi connectivity index (χ1) is 8.58. The van der Waals surface area contributed by atoms with Crippen LogP contribution in [0.4, 0.5) is 10.7 Å². The topological polar surface area (TPSA) is 55.1 Å². The molecule has 2 fully saturated rings. The zero-order chi connectivity index (χ0) is 12.9. The maximum atomic E-state index is 11.6. The molecule has 2 aliphatic carbocycles. The zero-order valence-electron chi connectivity index (χ0n) is 11.0. The van der Waals surface area contributed by atoms with Gasteiger partial charge in [-0.05, 0) is 44.4 Å². The highest BCUT2D eigenvalue weighted by molar-refractivity contribution is 7.18. The third-order valence-electron chi connectivity index (χ3n) is 3.98. The van der Waals surface area contributed by atoms with E-state index >= 15 is 0 Å². The van der Waals surface area contributed by atoms with Gasteiger partial charge in [0.2, 0.25) is 0 Å². The molecule has 98 valence electrons. The Balaban J connectivity index is 1.90. The van der Waals surface area contributed by atoms with Crippen molar-refractivity contribution in [3.8, 4) is 0 Å². The van der Waals surface area contributed by atoms with Crippen LogP contribution in [0, 0.1) is 5.92 Å². The predicted octanol–water partition coefficient (Wildman–Crippen LogP) is 3.62. The number of rotatable bonds is 5. The summed E-state index contributed by atoms with van der Waals surface area (Å²) in [5.74, 6) is 1.48. The molecule has 3 nitrogen and oxygen atoms in total. The molecule has 4 heteroatoms. The third kappa shape index (κ3) is 2.14. The van der Waals surface area contributed by atoms with Crippen LogP contribution in [0.2, 0.25) is 0 Å². The largest absolute Gasteiger partial charge is 0.397 e. The van der Waals surface area contributed by atoms with Crippen LogP contribution >= 0.6 is 11.3 Å². The highest BCUT2D eigenvalue weighted by atomic mass is 32.1. The summed E-state index contributed by atoms with van der Waals surface area (Å²) in [5.41, 5.74) is 8.12. The second-order valence-corrected chi connectivity index (χ2v) is 6.71. The maximum Gasteiger partial charge on any atom is 0.171 e. The molecule has 0 amide bonds. The molecule has 2 saturated carbocycles. The number of anilines is 2. The quantitative estimate of drug-likeness (QED) is 0.799. The first kappa shape index (κ1) is 12.0. The van der Waals surface area contributed by atoms with E-state index in [-0.39, 0.29) is 5.78 Å². The van der Waals surface area contributed by atoms with E-state index in [1.807, 2.05) is 0 Å². The van der Waals surface area contributed by atoms with Gasteiger partial charge in [0.25, 0.3) is 0 Å². The molecule has 1 aromatic rings. The van der Waals surface area contributed by atoms with Gasteiger partial charge in [0.05, 0.1) is 15.6 Å². The number of nitrogens with one attached hydrogen (secondary N) is 1. The Kier molecular flexibility index (Phi) is 2.85. The van der Waals surface area contributed by atoms with E-state index in [1.54, 1.807) is 18.3 Å². The van der Waals surface area contributed by atoms with Crippen molar-refractivity contribution in [3.05, 3.63) is 10.4 Å². The number of Topliss-reactive ketones (excluding diaryl/α,β-unsaturated/α-hetero) is 1. The minimum atomic E-state index is 0.0894. The average Bonchev–Trinajstić information content (AvgIpc) is 3.17. The number of thiophene rings is 1. The van der Waals surface area contributed by atoms with Crippen LogP contribution in [0.25, 0.3) is 0 Å². The summed E-state index contributed by atoms with van der Waals surface area (Å²) in [6.07, 6.45) is 5.08. The Morgan fingerprint density at radius 3 is 2.56 bits per heavy atom. The molecule has 0 radical (unpaired) electrons. The van der Waals surface area contributed by atoms with Crippen molar-refractivity contribution in [2.24, 2.45) is 5.92 Å². The van der Waals surface area contributed by atoms with Gasteiger partial charge >= 0.3 is 0 Å². The summed E-state index contributed by atoms with van der Waals surface area (Å²) in [6, 6.07) is 0.500. The maximum absolute atomic E-state index is 11.6. The molecule has 1 heterocycles. The number of carbonyl (C=O) groups is 1. The Morgan fingerprint density at radius 2 is 2.06 bits per heavy atom. The number of ketones is 1. The van der Waals surface area contributed by atoms with Crippen LogP contribution in [0.1, 0.15) is 60.7 Å². The van der Waals surface area contributed by atoms with Crippen molar-refractivity contribution < 1.29 is 4.79 Å². The summed E-state index contributed by atoms with van der Waals surface area (Å²) in [5, 5.41) is 4.75.